The second-order valence-corrected chi connectivity index (χ2v) is 10.4. The van der Waals surface area contributed by atoms with Crippen molar-refractivity contribution < 1.29 is 18.7 Å². The zero-order chi connectivity index (χ0) is 29.9. The van der Waals surface area contributed by atoms with Crippen LogP contribution in [0.1, 0.15) is 12.5 Å². The second kappa shape index (κ2) is 12.0. The number of nitrogens with zero attached hydrogens (tertiary/aromatic N) is 5. The van der Waals surface area contributed by atoms with Crippen molar-refractivity contribution in [3.05, 3.63) is 84.4 Å². The summed E-state index contributed by atoms with van der Waals surface area (Å²) in [7, 11) is 1.89. The van der Waals surface area contributed by atoms with E-state index < -0.39 is 11.8 Å². The van der Waals surface area contributed by atoms with E-state index in [1.165, 1.54) is 19.1 Å². The van der Waals surface area contributed by atoms with Crippen LogP contribution in [0, 0.1) is 5.82 Å². The van der Waals surface area contributed by atoms with E-state index in [0.29, 0.717) is 24.7 Å². The van der Waals surface area contributed by atoms with Gasteiger partial charge < -0.3 is 20.3 Å². The Labute approximate surface area is 247 Å². The number of benzene rings is 3. The number of ether oxygens (including phenoxy) is 1. The number of hydrogen-bond acceptors (Lipinski definition) is 7. The van der Waals surface area contributed by atoms with E-state index in [1.54, 1.807) is 22.9 Å². The van der Waals surface area contributed by atoms with Gasteiger partial charge in [-0.25, -0.2) is 19.2 Å². The molecule has 0 atom stereocenters. The van der Waals surface area contributed by atoms with E-state index in [0.717, 1.165) is 46.5 Å². The number of aryl methyl sites for hydroxylation is 1. The maximum Gasteiger partial charge on any atom is 0.323 e. The molecule has 218 valence electrons. The Kier molecular flexibility index (Phi) is 7.80. The van der Waals surface area contributed by atoms with Gasteiger partial charge >= 0.3 is 6.03 Å². The summed E-state index contributed by atoms with van der Waals surface area (Å²) in [6.45, 7) is 4.13. The van der Waals surface area contributed by atoms with Crippen molar-refractivity contribution in [2.24, 2.45) is 7.05 Å². The van der Waals surface area contributed by atoms with Crippen molar-refractivity contribution in [1.82, 2.24) is 19.7 Å². The average molecular weight is 580 g/mol. The molecule has 2 amide bonds. The Morgan fingerprint density at radius 1 is 0.907 bits per heavy atom. The minimum absolute atomic E-state index is 0.00515. The smallest absolute Gasteiger partial charge is 0.323 e. The molecule has 10 nitrogen and oxygen atoms in total. The number of fused-ring (bicyclic) bond motifs is 1. The number of rotatable bonds is 7. The maximum atomic E-state index is 14.3. The number of aromatic nitrogens is 4. The molecule has 0 saturated carbocycles. The lowest BCUT2D eigenvalue weighted by Gasteiger charge is -2.29. The Hall–Kier alpha value is -5.16. The molecular weight excluding hydrogens is 549 g/mol. The van der Waals surface area contributed by atoms with E-state index in [2.05, 4.69) is 38.8 Å². The van der Waals surface area contributed by atoms with Gasteiger partial charge in [-0.2, -0.15) is 5.10 Å². The van der Waals surface area contributed by atoms with Crippen molar-refractivity contribution >= 4 is 39.9 Å². The summed E-state index contributed by atoms with van der Waals surface area (Å²) >= 11 is 0. The Morgan fingerprint density at radius 3 is 2.33 bits per heavy atom. The predicted octanol–water partition coefficient (Wildman–Crippen LogP) is 5.45. The quantitative estimate of drug-likeness (QED) is 0.264. The lowest BCUT2D eigenvalue weighted by Crippen LogP contribution is -2.37. The van der Waals surface area contributed by atoms with Gasteiger partial charge in [0.2, 0.25) is 0 Å². The standard InChI is InChI=1S/C32H30FN7O3/c1-20(41)15-23-5-9-26(17-28(23)33)36-32(42)35-25-7-3-21(4-8-25)30-37-29-16-22(24-18-34-39(2)19-24)6-10-27(29)31(38-30)40-11-13-43-14-12-40/h3-10,16-19H,11-15H2,1-2H3,(H2,35,36,42). The summed E-state index contributed by atoms with van der Waals surface area (Å²) in [6.07, 6.45) is 3.80. The Morgan fingerprint density at radius 2 is 1.63 bits per heavy atom. The van der Waals surface area contributed by atoms with E-state index in [9.17, 15) is 14.0 Å². The number of halogens is 1. The van der Waals surface area contributed by atoms with Crippen molar-refractivity contribution in [2.75, 3.05) is 41.8 Å². The van der Waals surface area contributed by atoms with Crippen LogP contribution in [0.4, 0.5) is 26.4 Å². The third-order valence-electron chi connectivity index (χ3n) is 7.18. The maximum absolute atomic E-state index is 14.3. The highest BCUT2D eigenvalue weighted by molar-refractivity contribution is 6.00. The zero-order valence-corrected chi connectivity index (χ0v) is 23.8. The molecule has 1 fully saturated rings. The van der Waals surface area contributed by atoms with Crippen molar-refractivity contribution in [3.63, 3.8) is 0 Å². The van der Waals surface area contributed by atoms with E-state index in [4.69, 9.17) is 14.7 Å². The predicted molar refractivity (Wildman–Crippen MR) is 164 cm³/mol. The van der Waals surface area contributed by atoms with Crippen LogP contribution in [0.3, 0.4) is 0 Å². The number of urea groups is 1. The van der Waals surface area contributed by atoms with Gasteiger partial charge in [0.25, 0.3) is 0 Å². The fourth-order valence-electron chi connectivity index (χ4n) is 5.04. The molecule has 2 N–H and O–H groups in total. The molecule has 0 aliphatic carbocycles. The molecule has 11 heteroatoms. The van der Waals surface area contributed by atoms with Gasteiger partial charge in [0.15, 0.2) is 5.82 Å². The summed E-state index contributed by atoms with van der Waals surface area (Å²) in [6, 6.07) is 17.1. The van der Waals surface area contributed by atoms with Crippen LogP contribution in [0.15, 0.2) is 73.1 Å². The highest BCUT2D eigenvalue weighted by Crippen LogP contribution is 2.32. The number of Topliss-reactive ketones (excluding diaryl/α,β-unsaturated/α-hetero) is 1. The summed E-state index contributed by atoms with van der Waals surface area (Å²) in [5.41, 5.74) is 4.73. The first-order valence-corrected chi connectivity index (χ1v) is 13.9. The minimum atomic E-state index is -0.545. The third-order valence-corrected chi connectivity index (χ3v) is 7.18. The molecule has 0 spiro atoms. The Bertz CT molecular complexity index is 1810. The van der Waals surface area contributed by atoms with Gasteiger partial charge in [0.1, 0.15) is 17.4 Å². The molecule has 2 aromatic heterocycles. The zero-order valence-electron chi connectivity index (χ0n) is 23.8. The lowest BCUT2D eigenvalue weighted by atomic mass is 10.1. The normalized spacial score (nSPS) is 13.2. The fraction of sp³-hybridized carbons (Fsp3) is 0.219. The number of morpholine rings is 1. The molecule has 0 bridgehead atoms. The summed E-state index contributed by atoms with van der Waals surface area (Å²) in [5.74, 6) is 0.733. The summed E-state index contributed by atoms with van der Waals surface area (Å²) < 4.78 is 21.6. The fourth-order valence-corrected chi connectivity index (χ4v) is 5.04. The first-order valence-electron chi connectivity index (χ1n) is 13.9. The highest BCUT2D eigenvalue weighted by atomic mass is 19.1. The minimum Gasteiger partial charge on any atom is -0.378 e. The molecule has 0 radical (unpaired) electrons. The second-order valence-electron chi connectivity index (χ2n) is 10.4. The van der Waals surface area contributed by atoms with E-state index in [-0.39, 0.29) is 23.5 Å². The van der Waals surface area contributed by atoms with Crippen LogP contribution in [-0.4, -0.2) is 57.9 Å². The first kappa shape index (κ1) is 28.0. The third kappa shape index (κ3) is 6.36. The SMILES string of the molecule is CC(=O)Cc1ccc(NC(=O)Nc2ccc(-c3nc(N4CCOCC4)c4ccc(-c5cnn(C)c5)cc4n3)cc2)cc1F. The summed E-state index contributed by atoms with van der Waals surface area (Å²) in [5, 5.41) is 10.6. The van der Waals surface area contributed by atoms with E-state index >= 15 is 0 Å². The van der Waals surface area contributed by atoms with Crippen LogP contribution < -0.4 is 15.5 Å². The molecular formula is C32H30FN7O3. The molecule has 3 aromatic carbocycles. The van der Waals surface area contributed by atoms with Gasteiger partial charge in [-0.15, -0.1) is 0 Å². The average Bonchev–Trinajstić information content (AvgIpc) is 3.44. The largest absolute Gasteiger partial charge is 0.378 e. The number of carbonyl (C=O) groups is 2. The van der Waals surface area contributed by atoms with Crippen LogP contribution >= 0.6 is 0 Å². The monoisotopic (exact) mass is 579 g/mol. The van der Waals surface area contributed by atoms with Gasteiger partial charge in [0.05, 0.1) is 24.9 Å². The van der Waals surface area contributed by atoms with E-state index in [1.807, 2.05) is 31.6 Å². The molecule has 3 heterocycles. The van der Waals surface area contributed by atoms with Crippen LogP contribution in [0.5, 0.6) is 0 Å². The lowest BCUT2D eigenvalue weighted by molar-refractivity contribution is -0.116. The topological polar surface area (TPSA) is 114 Å². The highest BCUT2D eigenvalue weighted by Gasteiger charge is 2.19. The molecule has 1 aliphatic heterocycles. The van der Waals surface area contributed by atoms with Gasteiger partial charge in [-0.3, -0.25) is 9.48 Å². The van der Waals surface area contributed by atoms with Crippen molar-refractivity contribution in [2.45, 2.75) is 13.3 Å². The molecule has 0 unspecified atom stereocenters. The Balaban J connectivity index is 1.24. The number of nitrogens with one attached hydrogen (secondary N) is 2. The van der Waals surface area contributed by atoms with Crippen LogP contribution in [0.25, 0.3) is 33.4 Å². The number of anilines is 3. The molecule has 6 rings (SSSR count). The van der Waals surface area contributed by atoms with Gasteiger partial charge in [-0.1, -0.05) is 12.1 Å². The first-order chi connectivity index (χ1) is 20.8. The van der Waals surface area contributed by atoms with Gasteiger partial charge in [0, 0.05) is 60.6 Å². The number of amides is 2. The van der Waals surface area contributed by atoms with Crippen molar-refractivity contribution in [1.29, 1.82) is 0 Å². The molecule has 43 heavy (non-hydrogen) atoms. The van der Waals surface area contributed by atoms with Crippen LogP contribution in [-0.2, 0) is 23.0 Å². The summed E-state index contributed by atoms with van der Waals surface area (Å²) in [4.78, 5) is 36.0. The number of hydrogen-bond donors (Lipinski definition) is 2. The molecule has 5 aromatic rings. The van der Waals surface area contributed by atoms with Crippen LogP contribution in [0.2, 0.25) is 0 Å². The van der Waals surface area contributed by atoms with Crippen molar-refractivity contribution in [3.8, 4) is 22.5 Å². The molecule has 1 saturated heterocycles. The number of ketones is 1. The van der Waals surface area contributed by atoms with Gasteiger partial charge in [-0.05, 0) is 66.6 Å². The molecule has 1 aliphatic rings. The number of carbonyl (C=O) groups excluding carboxylic acids is 2.